The Kier molecular flexibility index (Phi) is 7.93. The lowest BCUT2D eigenvalue weighted by molar-refractivity contribution is 0.801. The van der Waals surface area contributed by atoms with Gasteiger partial charge in [-0.2, -0.15) is 0 Å². The highest BCUT2D eigenvalue weighted by molar-refractivity contribution is 6.10. The van der Waals surface area contributed by atoms with Crippen LogP contribution in [0.25, 0.3) is 105 Å². The molecule has 0 bridgehead atoms. The zero-order valence-electron chi connectivity index (χ0n) is 36.0. The molecular weight excluding hydrogens is 797 g/mol. The summed E-state index contributed by atoms with van der Waals surface area (Å²) in [7, 11) is 0. The number of fused-ring (bicyclic) bond motifs is 15. The Hall–Kier alpha value is -8.59. The summed E-state index contributed by atoms with van der Waals surface area (Å²) < 4.78 is 2.38. The molecule has 14 rings (SSSR count). The SMILES string of the molecule is c1ccc(-c2cc(-c3cccc(-c4cc5ccccc5c5c4-c4ccccc4C54c5ccccc5-c5ccccc54)c3)cc(-c3cccc(-n4c5ccccc5c5ccccc54)c3)n2)cc1. The first-order valence-electron chi connectivity index (χ1n) is 22.9. The van der Waals surface area contributed by atoms with Gasteiger partial charge in [0.15, 0.2) is 0 Å². The third-order valence-corrected chi connectivity index (χ3v) is 14.4. The van der Waals surface area contributed by atoms with Crippen LogP contribution < -0.4 is 0 Å². The Balaban J connectivity index is 0.978. The van der Waals surface area contributed by atoms with Gasteiger partial charge in [-0.25, -0.2) is 4.98 Å². The number of benzene rings is 10. The Morgan fingerprint density at radius 3 is 1.55 bits per heavy atom. The molecule has 0 fully saturated rings. The maximum absolute atomic E-state index is 5.40. The van der Waals surface area contributed by atoms with Crippen molar-refractivity contribution in [1.82, 2.24) is 9.55 Å². The molecule has 2 heterocycles. The van der Waals surface area contributed by atoms with E-state index in [-0.39, 0.29) is 0 Å². The summed E-state index contributed by atoms with van der Waals surface area (Å²) >= 11 is 0. The highest BCUT2D eigenvalue weighted by Gasteiger charge is 2.53. The van der Waals surface area contributed by atoms with Gasteiger partial charge in [0.05, 0.1) is 27.8 Å². The molecule has 306 valence electrons. The van der Waals surface area contributed by atoms with E-state index in [4.69, 9.17) is 4.98 Å². The molecular formula is C64H40N2. The highest BCUT2D eigenvalue weighted by Crippen LogP contribution is 2.65. The van der Waals surface area contributed by atoms with E-state index in [1.807, 2.05) is 0 Å². The van der Waals surface area contributed by atoms with Gasteiger partial charge < -0.3 is 4.57 Å². The summed E-state index contributed by atoms with van der Waals surface area (Å²) in [4.78, 5) is 5.40. The Labute approximate surface area is 383 Å². The first kappa shape index (κ1) is 36.8. The zero-order chi connectivity index (χ0) is 43.3. The summed E-state index contributed by atoms with van der Waals surface area (Å²) in [6, 6.07) is 89.3. The van der Waals surface area contributed by atoms with Crippen LogP contribution in [-0.4, -0.2) is 9.55 Å². The van der Waals surface area contributed by atoms with Crippen molar-refractivity contribution in [1.29, 1.82) is 0 Å². The average Bonchev–Trinajstić information content (AvgIpc) is 4.01. The smallest absolute Gasteiger partial charge is 0.0731 e. The molecule has 0 unspecified atom stereocenters. The number of pyridine rings is 1. The van der Waals surface area contributed by atoms with Gasteiger partial charge >= 0.3 is 0 Å². The van der Waals surface area contributed by atoms with E-state index in [1.165, 1.54) is 88.2 Å². The summed E-state index contributed by atoms with van der Waals surface area (Å²) in [6.45, 7) is 0. The third-order valence-electron chi connectivity index (χ3n) is 14.4. The molecule has 0 atom stereocenters. The number of aromatic nitrogens is 2. The second-order valence-electron chi connectivity index (χ2n) is 17.8. The molecule has 2 heteroatoms. The van der Waals surface area contributed by atoms with Crippen LogP contribution in [0.15, 0.2) is 243 Å². The van der Waals surface area contributed by atoms with Crippen molar-refractivity contribution >= 4 is 32.6 Å². The minimum absolute atomic E-state index is 0.454. The van der Waals surface area contributed by atoms with Crippen LogP contribution in [0.5, 0.6) is 0 Å². The Bertz CT molecular complexity index is 3850. The topological polar surface area (TPSA) is 17.8 Å². The molecule has 12 aromatic rings. The summed E-state index contributed by atoms with van der Waals surface area (Å²) in [5.74, 6) is 0. The summed E-state index contributed by atoms with van der Waals surface area (Å²) in [5, 5.41) is 5.04. The van der Waals surface area contributed by atoms with Gasteiger partial charge in [-0.1, -0.05) is 194 Å². The van der Waals surface area contributed by atoms with Gasteiger partial charge in [0.2, 0.25) is 0 Å². The van der Waals surface area contributed by atoms with Crippen LogP contribution in [0.3, 0.4) is 0 Å². The molecule has 10 aromatic carbocycles. The lowest BCUT2D eigenvalue weighted by atomic mass is 9.69. The van der Waals surface area contributed by atoms with E-state index < -0.39 is 5.41 Å². The van der Waals surface area contributed by atoms with Crippen LogP contribution >= 0.6 is 0 Å². The molecule has 0 radical (unpaired) electrons. The van der Waals surface area contributed by atoms with Crippen molar-refractivity contribution in [2.24, 2.45) is 0 Å². The lowest BCUT2D eigenvalue weighted by Crippen LogP contribution is -2.26. The fraction of sp³-hybridized carbons (Fsp3) is 0.0156. The van der Waals surface area contributed by atoms with Crippen LogP contribution in [0.1, 0.15) is 22.3 Å². The van der Waals surface area contributed by atoms with Gasteiger partial charge in [0.1, 0.15) is 0 Å². The highest BCUT2D eigenvalue weighted by atomic mass is 15.0. The van der Waals surface area contributed by atoms with E-state index >= 15 is 0 Å². The number of para-hydroxylation sites is 2. The first-order valence-corrected chi connectivity index (χ1v) is 22.9. The van der Waals surface area contributed by atoms with E-state index in [0.717, 1.165) is 39.3 Å². The van der Waals surface area contributed by atoms with Crippen molar-refractivity contribution in [2.45, 2.75) is 5.41 Å². The lowest BCUT2D eigenvalue weighted by Gasteiger charge is -2.31. The van der Waals surface area contributed by atoms with Gasteiger partial charge in [-0.15, -0.1) is 0 Å². The molecule has 0 N–H and O–H groups in total. The van der Waals surface area contributed by atoms with Crippen LogP contribution in [0.4, 0.5) is 0 Å². The molecule has 0 saturated carbocycles. The van der Waals surface area contributed by atoms with Crippen molar-refractivity contribution in [2.75, 3.05) is 0 Å². The fourth-order valence-corrected chi connectivity index (χ4v) is 11.7. The van der Waals surface area contributed by atoms with Gasteiger partial charge in [-0.05, 0) is 126 Å². The average molecular weight is 837 g/mol. The molecule has 1 spiro atoms. The van der Waals surface area contributed by atoms with Gasteiger partial charge in [-0.3, -0.25) is 0 Å². The molecule has 0 saturated heterocycles. The number of hydrogen-bond donors (Lipinski definition) is 0. The van der Waals surface area contributed by atoms with Crippen LogP contribution in [-0.2, 0) is 5.41 Å². The predicted octanol–water partition coefficient (Wildman–Crippen LogP) is 16.3. The normalized spacial score (nSPS) is 13.0. The van der Waals surface area contributed by atoms with Gasteiger partial charge in [0.25, 0.3) is 0 Å². The molecule has 2 aromatic heterocycles. The van der Waals surface area contributed by atoms with E-state index in [2.05, 4.69) is 247 Å². The minimum atomic E-state index is -0.454. The molecule has 0 amide bonds. The Morgan fingerprint density at radius 2 is 0.833 bits per heavy atom. The van der Waals surface area contributed by atoms with Crippen molar-refractivity contribution < 1.29 is 0 Å². The standard InChI is InChI=1S/C64H40N2/c1-2-18-41(19-3-1)58-39-46(40-59(65-58)45-23-17-24-47(37-45)66-60-34-14-9-28-51(60)52-29-10-15-35-61(52)66)42-21-16-22-43(36-42)54-38-44-20-4-5-25-48(44)63-62(54)53-30-8-13-33-57(53)64(63)55-31-11-6-26-49(55)50-27-7-12-32-56(50)64/h1-40H. The minimum Gasteiger partial charge on any atom is -0.309 e. The van der Waals surface area contributed by atoms with Crippen LogP contribution in [0.2, 0.25) is 0 Å². The van der Waals surface area contributed by atoms with E-state index in [0.29, 0.717) is 0 Å². The van der Waals surface area contributed by atoms with Crippen molar-refractivity contribution in [3.8, 4) is 72.7 Å². The first-order chi connectivity index (χ1) is 32.7. The second kappa shape index (κ2) is 14.2. The predicted molar refractivity (Wildman–Crippen MR) is 274 cm³/mol. The molecule has 2 aliphatic rings. The maximum atomic E-state index is 5.40. The molecule has 2 nitrogen and oxygen atoms in total. The Morgan fingerprint density at radius 1 is 0.318 bits per heavy atom. The molecule has 66 heavy (non-hydrogen) atoms. The van der Waals surface area contributed by atoms with Crippen molar-refractivity contribution in [3.63, 3.8) is 0 Å². The van der Waals surface area contributed by atoms with E-state index in [9.17, 15) is 0 Å². The summed E-state index contributed by atoms with van der Waals surface area (Å²) in [5.41, 5.74) is 22.4. The fourth-order valence-electron chi connectivity index (χ4n) is 11.7. The van der Waals surface area contributed by atoms with Gasteiger partial charge in [0, 0.05) is 27.6 Å². The quantitative estimate of drug-likeness (QED) is 0.169. The maximum Gasteiger partial charge on any atom is 0.0731 e. The number of hydrogen-bond acceptors (Lipinski definition) is 1. The van der Waals surface area contributed by atoms with E-state index in [1.54, 1.807) is 0 Å². The van der Waals surface area contributed by atoms with Crippen molar-refractivity contribution in [3.05, 3.63) is 265 Å². The number of rotatable bonds is 5. The summed E-state index contributed by atoms with van der Waals surface area (Å²) in [6.07, 6.45) is 0. The number of nitrogens with zero attached hydrogens (tertiary/aromatic N) is 2. The van der Waals surface area contributed by atoms with Crippen LogP contribution in [0, 0.1) is 0 Å². The largest absolute Gasteiger partial charge is 0.309 e. The second-order valence-corrected chi connectivity index (χ2v) is 17.8. The monoisotopic (exact) mass is 836 g/mol. The zero-order valence-corrected chi connectivity index (χ0v) is 36.0. The third kappa shape index (κ3) is 5.21. The molecule has 2 aliphatic carbocycles. The molecule has 0 aliphatic heterocycles.